The Hall–Kier alpha value is -4.80. The Balaban J connectivity index is 1.31. The predicted molar refractivity (Wildman–Crippen MR) is 137 cm³/mol. The van der Waals surface area contributed by atoms with Crippen molar-refractivity contribution >= 4 is 16.9 Å². The van der Waals surface area contributed by atoms with Gasteiger partial charge in [-0.2, -0.15) is 4.39 Å². The molecule has 204 valence electrons. The first-order chi connectivity index (χ1) is 19.3. The van der Waals surface area contributed by atoms with Crippen LogP contribution in [0.2, 0.25) is 0 Å². The minimum atomic E-state index is -1.51. The van der Waals surface area contributed by atoms with Gasteiger partial charge in [-0.25, -0.2) is 18.2 Å². The number of carbonyl (C=O) groups is 1. The van der Waals surface area contributed by atoms with E-state index >= 15 is 0 Å². The first-order valence-electron chi connectivity index (χ1n) is 12.4. The van der Waals surface area contributed by atoms with E-state index in [0.717, 1.165) is 17.2 Å². The maximum absolute atomic E-state index is 14.9. The van der Waals surface area contributed by atoms with Crippen molar-refractivity contribution < 1.29 is 36.9 Å². The van der Waals surface area contributed by atoms with Crippen molar-refractivity contribution in [2.75, 3.05) is 6.61 Å². The third-order valence-electron chi connectivity index (χ3n) is 6.94. The number of imidazole rings is 1. The number of aliphatic carboxylic acids is 1. The van der Waals surface area contributed by atoms with Crippen molar-refractivity contribution in [1.82, 2.24) is 15.0 Å². The highest BCUT2D eigenvalue weighted by molar-refractivity contribution is 5.82. The maximum Gasteiger partial charge on any atom is 0.303 e. The molecule has 7 nitrogen and oxygen atoms in total. The number of nitrogens with one attached hydrogen (secondary N) is 2. The SMILES string of the molecule is O=C(O)CCc1cccc2c1OCCC2c1cnc(-c2cc(Oc3c(F)c(F)c4[nH]ccc4c3F)ccc2F)[nH]1. The van der Waals surface area contributed by atoms with Gasteiger partial charge in [-0.15, -0.1) is 0 Å². The third kappa shape index (κ3) is 4.42. The van der Waals surface area contributed by atoms with E-state index < -0.39 is 35.0 Å². The van der Waals surface area contributed by atoms with E-state index in [4.69, 9.17) is 14.6 Å². The zero-order chi connectivity index (χ0) is 28.0. The fraction of sp³-hybridized carbons (Fsp3) is 0.172. The molecule has 5 aromatic rings. The summed E-state index contributed by atoms with van der Waals surface area (Å²) in [6, 6.07) is 10.3. The number of para-hydroxylation sites is 1. The van der Waals surface area contributed by atoms with E-state index in [-0.39, 0.29) is 40.4 Å². The number of aromatic amines is 2. The Bertz CT molecular complexity index is 1760. The van der Waals surface area contributed by atoms with E-state index in [1.807, 2.05) is 18.2 Å². The zero-order valence-corrected chi connectivity index (χ0v) is 20.7. The highest BCUT2D eigenvalue weighted by atomic mass is 19.2. The number of benzene rings is 3. The molecule has 0 radical (unpaired) electrons. The molecule has 1 atom stereocenters. The van der Waals surface area contributed by atoms with Gasteiger partial charge in [0.05, 0.1) is 17.7 Å². The molecule has 0 amide bonds. The van der Waals surface area contributed by atoms with Crippen molar-refractivity contribution in [3.8, 4) is 28.6 Å². The van der Waals surface area contributed by atoms with Gasteiger partial charge >= 0.3 is 5.97 Å². The first-order valence-corrected chi connectivity index (χ1v) is 12.4. The van der Waals surface area contributed by atoms with Crippen LogP contribution in [0.3, 0.4) is 0 Å². The maximum atomic E-state index is 14.9. The molecule has 3 heterocycles. The van der Waals surface area contributed by atoms with Crippen LogP contribution in [0.25, 0.3) is 22.3 Å². The summed E-state index contributed by atoms with van der Waals surface area (Å²) in [4.78, 5) is 21.0. The van der Waals surface area contributed by atoms with Crippen LogP contribution in [0.1, 0.15) is 35.6 Å². The fourth-order valence-electron chi connectivity index (χ4n) is 5.02. The molecule has 0 saturated carbocycles. The largest absolute Gasteiger partial charge is 0.493 e. The van der Waals surface area contributed by atoms with Crippen molar-refractivity contribution in [2.24, 2.45) is 0 Å². The number of aromatic nitrogens is 3. The number of hydrogen-bond acceptors (Lipinski definition) is 4. The molecular weight excluding hydrogens is 530 g/mol. The van der Waals surface area contributed by atoms with Gasteiger partial charge in [0, 0.05) is 41.4 Å². The van der Waals surface area contributed by atoms with Gasteiger partial charge in [-0.05, 0) is 42.7 Å². The standard InChI is InChI=1S/C29H21F4N3O4/c30-20-6-5-15(40-28-23(31)18-8-10-34-26(18)24(32)25(28)33)12-19(20)29-35-13-21(36-29)16-9-11-39-27-14(4-7-22(37)38)2-1-3-17(16)27/h1-3,5-6,8,10,12-13,16,34H,4,7,9,11H2,(H,35,36)(H,37,38). The minimum Gasteiger partial charge on any atom is -0.493 e. The van der Waals surface area contributed by atoms with E-state index in [1.165, 1.54) is 24.4 Å². The molecule has 1 unspecified atom stereocenters. The van der Waals surface area contributed by atoms with Crippen LogP contribution >= 0.6 is 0 Å². The number of fused-ring (bicyclic) bond motifs is 2. The van der Waals surface area contributed by atoms with Gasteiger partial charge in [0.25, 0.3) is 0 Å². The zero-order valence-electron chi connectivity index (χ0n) is 20.7. The lowest BCUT2D eigenvalue weighted by Crippen LogP contribution is -2.17. The first kappa shape index (κ1) is 25.5. The second-order valence-electron chi connectivity index (χ2n) is 9.39. The molecule has 3 aromatic carbocycles. The molecule has 11 heteroatoms. The second-order valence-corrected chi connectivity index (χ2v) is 9.39. The topological polar surface area (TPSA) is 100 Å². The van der Waals surface area contributed by atoms with Gasteiger partial charge in [-0.3, -0.25) is 4.79 Å². The van der Waals surface area contributed by atoms with Crippen LogP contribution in [-0.2, 0) is 11.2 Å². The highest BCUT2D eigenvalue weighted by Gasteiger charge is 2.28. The fourth-order valence-corrected chi connectivity index (χ4v) is 5.02. The van der Waals surface area contributed by atoms with Gasteiger partial charge in [0.1, 0.15) is 23.1 Å². The average molecular weight is 551 g/mol. The van der Waals surface area contributed by atoms with Gasteiger partial charge in [-0.1, -0.05) is 18.2 Å². The van der Waals surface area contributed by atoms with Crippen LogP contribution < -0.4 is 9.47 Å². The lowest BCUT2D eigenvalue weighted by molar-refractivity contribution is -0.136. The number of ether oxygens (including phenoxy) is 2. The van der Waals surface area contributed by atoms with Gasteiger partial charge < -0.3 is 24.5 Å². The number of carboxylic acids is 1. The molecule has 0 spiro atoms. The van der Waals surface area contributed by atoms with E-state index in [9.17, 15) is 22.4 Å². The molecule has 2 aromatic heterocycles. The van der Waals surface area contributed by atoms with Gasteiger partial charge in [0.2, 0.25) is 11.6 Å². The highest BCUT2D eigenvalue weighted by Crippen LogP contribution is 2.41. The molecule has 1 aliphatic heterocycles. The van der Waals surface area contributed by atoms with Crippen LogP contribution in [0.5, 0.6) is 17.2 Å². The molecule has 40 heavy (non-hydrogen) atoms. The monoisotopic (exact) mass is 551 g/mol. The van der Waals surface area contributed by atoms with Crippen molar-refractivity contribution in [1.29, 1.82) is 0 Å². The lowest BCUT2D eigenvalue weighted by Gasteiger charge is -2.27. The van der Waals surface area contributed by atoms with E-state index in [0.29, 0.717) is 30.9 Å². The summed E-state index contributed by atoms with van der Waals surface area (Å²) < 4.78 is 70.0. The summed E-state index contributed by atoms with van der Waals surface area (Å²) in [7, 11) is 0. The van der Waals surface area contributed by atoms with Gasteiger partial charge in [0.15, 0.2) is 11.6 Å². The second kappa shape index (κ2) is 10.1. The molecule has 6 rings (SSSR count). The number of rotatable bonds is 7. The molecule has 0 saturated heterocycles. The normalized spacial score (nSPS) is 14.7. The summed E-state index contributed by atoms with van der Waals surface area (Å²) in [6.45, 7) is 0.396. The smallest absolute Gasteiger partial charge is 0.303 e. The van der Waals surface area contributed by atoms with Crippen molar-refractivity contribution in [3.05, 3.63) is 94.9 Å². The molecule has 1 aliphatic rings. The lowest BCUT2D eigenvalue weighted by atomic mass is 9.88. The molecular formula is C29H21F4N3O4. The molecule has 0 aliphatic carbocycles. The Morgan fingerprint density at radius 2 is 1.95 bits per heavy atom. The number of hydrogen-bond donors (Lipinski definition) is 3. The molecule has 0 fully saturated rings. The Labute approximate surface area is 224 Å². The Kier molecular flexibility index (Phi) is 6.41. The number of H-pyrrole nitrogens is 2. The quantitative estimate of drug-likeness (QED) is 0.152. The summed E-state index contributed by atoms with van der Waals surface area (Å²) in [5.74, 6) is -5.92. The summed E-state index contributed by atoms with van der Waals surface area (Å²) in [5, 5.41) is 8.88. The number of aryl methyl sites for hydroxylation is 1. The molecule has 3 N–H and O–H groups in total. The van der Waals surface area contributed by atoms with Crippen LogP contribution in [0, 0.1) is 23.3 Å². The summed E-state index contributed by atoms with van der Waals surface area (Å²) in [5.41, 5.74) is 1.98. The number of halogens is 4. The van der Waals surface area contributed by atoms with Crippen LogP contribution in [0.15, 0.2) is 54.9 Å². The van der Waals surface area contributed by atoms with E-state index in [1.54, 1.807) is 6.20 Å². The van der Waals surface area contributed by atoms with Crippen LogP contribution in [-0.4, -0.2) is 32.6 Å². The number of nitrogens with zero attached hydrogens (tertiary/aromatic N) is 1. The molecule has 0 bridgehead atoms. The Morgan fingerprint density at radius 3 is 2.77 bits per heavy atom. The summed E-state index contributed by atoms with van der Waals surface area (Å²) in [6.07, 6.45) is 3.74. The van der Waals surface area contributed by atoms with Crippen molar-refractivity contribution in [2.45, 2.75) is 25.2 Å². The minimum absolute atomic E-state index is 0.0183. The van der Waals surface area contributed by atoms with E-state index in [2.05, 4.69) is 15.0 Å². The van der Waals surface area contributed by atoms with Crippen LogP contribution in [0.4, 0.5) is 17.6 Å². The predicted octanol–water partition coefficient (Wildman–Crippen LogP) is 6.84. The number of carboxylic acid groups (broad SMARTS) is 1. The Morgan fingerprint density at radius 1 is 1.10 bits per heavy atom. The third-order valence-corrected chi connectivity index (χ3v) is 6.94. The average Bonchev–Trinajstić information content (AvgIpc) is 3.64. The summed E-state index contributed by atoms with van der Waals surface area (Å²) >= 11 is 0. The van der Waals surface area contributed by atoms with Crippen molar-refractivity contribution in [3.63, 3.8) is 0 Å².